The average molecular weight is 320 g/mol. The Labute approximate surface area is 141 Å². The molecule has 2 aromatic carbocycles. The molecule has 0 bridgehead atoms. The molecular formula is C19H20N4O. The second-order valence-corrected chi connectivity index (χ2v) is 6.01. The van der Waals surface area contributed by atoms with Crippen molar-refractivity contribution < 1.29 is 4.74 Å². The molecule has 3 aromatic rings. The van der Waals surface area contributed by atoms with E-state index in [1.54, 1.807) is 0 Å². The minimum absolute atomic E-state index is 0.116. The molecule has 5 nitrogen and oxygen atoms in total. The molecule has 1 saturated heterocycles. The summed E-state index contributed by atoms with van der Waals surface area (Å²) in [4.78, 5) is 2.30. The van der Waals surface area contributed by atoms with Crippen molar-refractivity contribution in [2.45, 2.75) is 19.3 Å². The van der Waals surface area contributed by atoms with E-state index >= 15 is 0 Å². The van der Waals surface area contributed by atoms with Crippen molar-refractivity contribution in [1.82, 2.24) is 19.9 Å². The molecule has 0 unspecified atom stereocenters. The van der Waals surface area contributed by atoms with Crippen LogP contribution in [0.5, 0.6) is 0 Å². The van der Waals surface area contributed by atoms with Gasteiger partial charge in [-0.3, -0.25) is 4.90 Å². The number of nitrogens with zero attached hydrogens (tertiary/aromatic N) is 4. The number of rotatable bonds is 5. The summed E-state index contributed by atoms with van der Waals surface area (Å²) in [6, 6.07) is 20.7. The molecule has 1 atom stereocenters. The molecule has 122 valence electrons. The van der Waals surface area contributed by atoms with Crippen LogP contribution < -0.4 is 0 Å². The summed E-state index contributed by atoms with van der Waals surface area (Å²) in [7, 11) is 0. The fraction of sp³-hybridized carbons (Fsp3) is 0.263. The molecule has 0 spiro atoms. The first-order chi connectivity index (χ1) is 11.9. The lowest BCUT2D eigenvalue weighted by molar-refractivity contribution is 0.0252. The predicted molar refractivity (Wildman–Crippen MR) is 91.1 cm³/mol. The molecule has 0 amide bonds. The highest BCUT2D eigenvalue weighted by atomic mass is 16.5. The van der Waals surface area contributed by atoms with Crippen molar-refractivity contribution in [2.24, 2.45) is 0 Å². The van der Waals surface area contributed by atoms with E-state index < -0.39 is 0 Å². The lowest BCUT2D eigenvalue weighted by Gasteiger charge is -2.20. The zero-order chi connectivity index (χ0) is 16.2. The van der Waals surface area contributed by atoms with Crippen molar-refractivity contribution in [3.8, 4) is 0 Å². The lowest BCUT2D eigenvalue weighted by Crippen LogP contribution is -2.23. The minimum Gasteiger partial charge on any atom is -0.356 e. The molecule has 0 radical (unpaired) electrons. The molecule has 0 saturated carbocycles. The molecular weight excluding hydrogens is 300 g/mol. The molecule has 1 aromatic heterocycles. The molecule has 1 aliphatic heterocycles. The van der Waals surface area contributed by atoms with E-state index in [4.69, 9.17) is 4.74 Å². The van der Waals surface area contributed by atoms with Crippen LogP contribution in [0.1, 0.15) is 23.0 Å². The second kappa shape index (κ2) is 6.95. The SMILES string of the molecule is c1ccc(CN2CCO[C@@H]2c2cn(Cc3ccccc3)nn2)cc1. The molecule has 0 aliphatic carbocycles. The Hall–Kier alpha value is -2.50. The Kier molecular flexibility index (Phi) is 4.36. The Morgan fingerprint density at radius 2 is 1.58 bits per heavy atom. The van der Waals surface area contributed by atoms with E-state index in [0.29, 0.717) is 0 Å². The van der Waals surface area contributed by atoms with Gasteiger partial charge in [0.05, 0.1) is 19.3 Å². The third-order valence-electron chi connectivity index (χ3n) is 4.21. The fourth-order valence-electron chi connectivity index (χ4n) is 3.03. The maximum Gasteiger partial charge on any atom is 0.157 e. The highest BCUT2D eigenvalue weighted by Gasteiger charge is 2.29. The topological polar surface area (TPSA) is 43.2 Å². The summed E-state index contributed by atoms with van der Waals surface area (Å²) in [6.45, 7) is 3.21. The van der Waals surface area contributed by atoms with Gasteiger partial charge in [0.2, 0.25) is 0 Å². The zero-order valence-corrected chi connectivity index (χ0v) is 13.5. The van der Waals surface area contributed by atoms with Gasteiger partial charge in [0.15, 0.2) is 6.23 Å². The third-order valence-corrected chi connectivity index (χ3v) is 4.21. The maximum absolute atomic E-state index is 5.90. The van der Waals surface area contributed by atoms with Crippen LogP contribution in [0.25, 0.3) is 0 Å². The molecule has 0 N–H and O–H groups in total. The summed E-state index contributed by atoms with van der Waals surface area (Å²) in [5.41, 5.74) is 3.37. The van der Waals surface area contributed by atoms with Crippen LogP contribution in [-0.4, -0.2) is 33.0 Å². The van der Waals surface area contributed by atoms with Crippen LogP contribution in [0.3, 0.4) is 0 Å². The monoisotopic (exact) mass is 320 g/mol. The molecule has 4 rings (SSSR count). The summed E-state index contributed by atoms with van der Waals surface area (Å²) in [5.74, 6) is 0. The van der Waals surface area contributed by atoms with E-state index in [2.05, 4.69) is 51.6 Å². The normalized spacial score (nSPS) is 18.1. The number of benzene rings is 2. The average Bonchev–Trinajstić information content (AvgIpc) is 3.26. The Balaban J connectivity index is 1.47. The van der Waals surface area contributed by atoms with Crippen molar-refractivity contribution >= 4 is 0 Å². The van der Waals surface area contributed by atoms with Gasteiger partial charge in [-0.25, -0.2) is 4.68 Å². The Morgan fingerprint density at radius 1 is 0.917 bits per heavy atom. The summed E-state index contributed by atoms with van der Waals surface area (Å²) in [6.07, 6.45) is 1.87. The van der Waals surface area contributed by atoms with Gasteiger partial charge in [-0.1, -0.05) is 65.9 Å². The smallest absolute Gasteiger partial charge is 0.157 e. The Bertz CT molecular complexity index is 772. The molecule has 24 heavy (non-hydrogen) atoms. The fourth-order valence-corrected chi connectivity index (χ4v) is 3.03. The first-order valence-electron chi connectivity index (χ1n) is 8.22. The van der Waals surface area contributed by atoms with E-state index in [0.717, 1.165) is 31.9 Å². The molecule has 2 heterocycles. The maximum atomic E-state index is 5.90. The number of hydrogen-bond acceptors (Lipinski definition) is 4. The van der Waals surface area contributed by atoms with E-state index in [9.17, 15) is 0 Å². The van der Waals surface area contributed by atoms with Crippen LogP contribution in [0, 0.1) is 0 Å². The Morgan fingerprint density at radius 3 is 2.29 bits per heavy atom. The van der Waals surface area contributed by atoms with Crippen molar-refractivity contribution in [1.29, 1.82) is 0 Å². The van der Waals surface area contributed by atoms with Crippen LogP contribution in [0.2, 0.25) is 0 Å². The van der Waals surface area contributed by atoms with Gasteiger partial charge < -0.3 is 4.74 Å². The van der Waals surface area contributed by atoms with Crippen molar-refractivity contribution in [2.75, 3.05) is 13.2 Å². The van der Waals surface area contributed by atoms with E-state index in [1.165, 1.54) is 11.1 Å². The number of aromatic nitrogens is 3. The quantitative estimate of drug-likeness (QED) is 0.725. The van der Waals surface area contributed by atoms with Crippen LogP contribution in [-0.2, 0) is 17.8 Å². The molecule has 1 fully saturated rings. The second-order valence-electron chi connectivity index (χ2n) is 6.01. The number of hydrogen-bond donors (Lipinski definition) is 0. The summed E-state index contributed by atoms with van der Waals surface area (Å²) >= 11 is 0. The predicted octanol–water partition coefficient (Wildman–Crippen LogP) is 2.86. The summed E-state index contributed by atoms with van der Waals surface area (Å²) < 4.78 is 7.77. The van der Waals surface area contributed by atoms with Crippen molar-refractivity contribution in [3.05, 3.63) is 83.7 Å². The largest absolute Gasteiger partial charge is 0.356 e. The highest BCUT2D eigenvalue weighted by Crippen LogP contribution is 2.26. The van der Waals surface area contributed by atoms with Gasteiger partial charge in [0.25, 0.3) is 0 Å². The van der Waals surface area contributed by atoms with Gasteiger partial charge in [-0.05, 0) is 11.1 Å². The minimum atomic E-state index is -0.116. The van der Waals surface area contributed by atoms with Gasteiger partial charge >= 0.3 is 0 Å². The highest BCUT2D eigenvalue weighted by molar-refractivity contribution is 5.16. The molecule has 1 aliphatic rings. The van der Waals surface area contributed by atoms with Crippen LogP contribution in [0.15, 0.2) is 66.9 Å². The van der Waals surface area contributed by atoms with Gasteiger partial charge in [0, 0.05) is 13.1 Å². The molecule has 5 heteroatoms. The van der Waals surface area contributed by atoms with Gasteiger partial charge in [-0.15, -0.1) is 5.10 Å². The van der Waals surface area contributed by atoms with Gasteiger partial charge in [-0.2, -0.15) is 0 Å². The lowest BCUT2D eigenvalue weighted by atomic mass is 10.2. The van der Waals surface area contributed by atoms with Crippen LogP contribution >= 0.6 is 0 Å². The zero-order valence-electron chi connectivity index (χ0n) is 13.5. The third kappa shape index (κ3) is 3.37. The van der Waals surface area contributed by atoms with E-state index in [-0.39, 0.29) is 6.23 Å². The van der Waals surface area contributed by atoms with Crippen molar-refractivity contribution in [3.63, 3.8) is 0 Å². The standard InChI is InChI=1S/C19H20N4O/c1-3-7-16(8-4-1)13-22-11-12-24-19(22)18-15-23(21-20-18)14-17-9-5-2-6-10-17/h1-10,15,19H,11-14H2/t19-/m1/s1. The first-order valence-corrected chi connectivity index (χ1v) is 8.22. The summed E-state index contributed by atoms with van der Waals surface area (Å²) in [5, 5.41) is 8.59. The number of ether oxygens (including phenoxy) is 1. The van der Waals surface area contributed by atoms with E-state index in [1.807, 2.05) is 35.1 Å². The first kappa shape index (κ1) is 15.1. The van der Waals surface area contributed by atoms with Crippen LogP contribution in [0.4, 0.5) is 0 Å². The van der Waals surface area contributed by atoms with Gasteiger partial charge in [0.1, 0.15) is 5.69 Å².